The monoisotopic (exact) mass is 393 g/mol. The maximum Gasteiger partial charge on any atom is 0.0605 e. The first-order valence-corrected chi connectivity index (χ1v) is 10.7. The van der Waals surface area contributed by atoms with Crippen LogP contribution in [0.1, 0.15) is 73.5 Å². The van der Waals surface area contributed by atoms with E-state index in [2.05, 4.69) is 71.3 Å². The SMILES string of the molecule is C(#Cc1ccc(C2CCCCC2)cc1)CN1CCC(c2ccccc2)CC1.Cl. The van der Waals surface area contributed by atoms with Gasteiger partial charge < -0.3 is 0 Å². The van der Waals surface area contributed by atoms with Crippen LogP contribution in [-0.2, 0) is 0 Å². The summed E-state index contributed by atoms with van der Waals surface area (Å²) in [6.07, 6.45) is 9.44. The van der Waals surface area contributed by atoms with Crippen molar-refractivity contribution in [3.05, 3.63) is 71.3 Å². The van der Waals surface area contributed by atoms with Gasteiger partial charge in [-0.2, -0.15) is 0 Å². The average Bonchev–Trinajstić information content (AvgIpc) is 2.76. The molecule has 1 saturated carbocycles. The van der Waals surface area contributed by atoms with Gasteiger partial charge in [-0.25, -0.2) is 0 Å². The second-order valence-corrected chi connectivity index (χ2v) is 8.22. The van der Waals surface area contributed by atoms with Crippen LogP contribution in [0, 0.1) is 11.8 Å². The van der Waals surface area contributed by atoms with Crippen molar-refractivity contribution in [3.8, 4) is 11.8 Å². The molecule has 1 aliphatic heterocycles. The first kappa shape index (κ1) is 21.0. The van der Waals surface area contributed by atoms with Gasteiger partial charge in [0.2, 0.25) is 0 Å². The largest absolute Gasteiger partial charge is 0.292 e. The standard InChI is InChI=1S/C26H31N.ClH/c1-3-9-23(10-4-1)25-15-13-22(14-16-25)8-7-19-27-20-17-26(18-21-27)24-11-5-2-6-12-24;/h2,5-6,11-16,23,26H,1,3-4,9-10,17-21H2;1H. The minimum Gasteiger partial charge on any atom is -0.292 e. The lowest BCUT2D eigenvalue weighted by Crippen LogP contribution is -2.33. The highest BCUT2D eigenvalue weighted by atomic mass is 35.5. The molecule has 1 aliphatic carbocycles. The van der Waals surface area contributed by atoms with Crippen molar-refractivity contribution in [1.29, 1.82) is 0 Å². The summed E-state index contributed by atoms with van der Waals surface area (Å²) < 4.78 is 0. The van der Waals surface area contributed by atoms with E-state index in [0.717, 1.165) is 37.0 Å². The molecule has 0 spiro atoms. The predicted molar refractivity (Wildman–Crippen MR) is 121 cm³/mol. The summed E-state index contributed by atoms with van der Waals surface area (Å²) in [4.78, 5) is 2.50. The zero-order valence-corrected chi connectivity index (χ0v) is 17.6. The Kier molecular flexibility index (Phi) is 8.01. The van der Waals surface area contributed by atoms with Gasteiger partial charge in [-0.05, 0) is 73.9 Å². The van der Waals surface area contributed by atoms with Gasteiger partial charge in [0.1, 0.15) is 0 Å². The Hall–Kier alpha value is -1.75. The van der Waals surface area contributed by atoms with Crippen LogP contribution >= 0.6 is 12.4 Å². The molecule has 2 fully saturated rings. The van der Waals surface area contributed by atoms with E-state index in [9.17, 15) is 0 Å². The third-order valence-corrected chi connectivity index (χ3v) is 6.38. The molecule has 0 unspecified atom stereocenters. The van der Waals surface area contributed by atoms with Crippen LogP contribution in [0.5, 0.6) is 0 Å². The van der Waals surface area contributed by atoms with Gasteiger partial charge in [0, 0.05) is 5.56 Å². The maximum absolute atomic E-state index is 3.40. The summed E-state index contributed by atoms with van der Waals surface area (Å²) in [7, 11) is 0. The fourth-order valence-corrected chi connectivity index (χ4v) is 4.68. The number of piperidine rings is 1. The zero-order valence-electron chi connectivity index (χ0n) is 16.8. The topological polar surface area (TPSA) is 3.24 Å². The molecule has 0 radical (unpaired) electrons. The second kappa shape index (κ2) is 10.7. The summed E-state index contributed by atoms with van der Waals surface area (Å²) in [5.74, 6) is 8.28. The summed E-state index contributed by atoms with van der Waals surface area (Å²) >= 11 is 0. The van der Waals surface area contributed by atoms with E-state index in [1.807, 2.05) is 0 Å². The Morgan fingerprint density at radius 3 is 2.00 bits per heavy atom. The molecule has 2 aromatic carbocycles. The van der Waals surface area contributed by atoms with Crippen molar-refractivity contribution in [2.24, 2.45) is 0 Å². The van der Waals surface area contributed by atoms with E-state index >= 15 is 0 Å². The zero-order chi connectivity index (χ0) is 18.3. The fourth-order valence-electron chi connectivity index (χ4n) is 4.68. The summed E-state index contributed by atoms with van der Waals surface area (Å²) in [5, 5.41) is 0. The molecule has 4 rings (SSSR count). The van der Waals surface area contributed by atoms with Crippen LogP contribution in [0.25, 0.3) is 0 Å². The number of hydrogen-bond donors (Lipinski definition) is 0. The molecule has 2 aromatic rings. The normalized spacial score (nSPS) is 18.7. The molecule has 0 aromatic heterocycles. The molecule has 0 N–H and O–H groups in total. The van der Waals surface area contributed by atoms with Crippen molar-refractivity contribution >= 4 is 12.4 Å². The molecule has 1 heterocycles. The van der Waals surface area contributed by atoms with Crippen molar-refractivity contribution in [1.82, 2.24) is 4.90 Å². The van der Waals surface area contributed by atoms with Crippen LogP contribution in [0.4, 0.5) is 0 Å². The molecule has 0 bridgehead atoms. The third-order valence-electron chi connectivity index (χ3n) is 6.38. The van der Waals surface area contributed by atoms with Crippen LogP contribution in [0.2, 0.25) is 0 Å². The molecular formula is C26H32ClN. The van der Waals surface area contributed by atoms with Gasteiger partial charge in [0.15, 0.2) is 0 Å². The fraction of sp³-hybridized carbons (Fsp3) is 0.462. The minimum absolute atomic E-state index is 0. The van der Waals surface area contributed by atoms with Gasteiger partial charge in [0.05, 0.1) is 6.54 Å². The molecule has 0 amide bonds. The predicted octanol–water partition coefficient (Wildman–Crippen LogP) is 6.39. The quantitative estimate of drug-likeness (QED) is 0.546. The molecule has 28 heavy (non-hydrogen) atoms. The summed E-state index contributed by atoms with van der Waals surface area (Å²) in [6.45, 7) is 3.22. The molecule has 148 valence electrons. The van der Waals surface area contributed by atoms with Crippen molar-refractivity contribution in [2.45, 2.75) is 56.8 Å². The Bertz CT molecular complexity index is 758. The van der Waals surface area contributed by atoms with Gasteiger partial charge in [-0.15, -0.1) is 12.4 Å². The number of rotatable bonds is 3. The third kappa shape index (κ3) is 5.63. The number of nitrogens with zero attached hydrogens (tertiary/aromatic N) is 1. The molecular weight excluding hydrogens is 362 g/mol. The Morgan fingerprint density at radius 1 is 0.714 bits per heavy atom. The Labute approximate surface area is 176 Å². The smallest absolute Gasteiger partial charge is 0.0605 e. The lowest BCUT2D eigenvalue weighted by Gasteiger charge is -2.30. The van der Waals surface area contributed by atoms with E-state index < -0.39 is 0 Å². The Balaban J connectivity index is 0.00000225. The number of halogens is 1. The molecule has 2 aliphatic rings. The van der Waals surface area contributed by atoms with Crippen LogP contribution in [-0.4, -0.2) is 24.5 Å². The van der Waals surface area contributed by atoms with Gasteiger partial charge in [0.25, 0.3) is 0 Å². The molecule has 2 heteroatoms. The molecule has 1 nitrogen and oxygen atoms in total. The Morgan fingerprint density at radius 2 is 1.32 bits per heavy atom. The van der Waals surface area contributed by atoms with Crippen molar-refractivity contribution < 1.29 is 0 Å². The van der Waals surface area contributed by atoms with E-state index in [1.54, 1.807) is 0 Å². The van der Waals surface area contributed by atoms with Crippen molar-refractivity contribution in [2.75, 3.05) is 19.6 Å². The number of likely N-dealkylation sites (tertiary alicyclic amines) is 1. The van der Waals surface area contributed by atoms with Crippen LogP contribution in [0.15, 0.2) is 54.6 Å². The summed E-state index contributed by atoms with van der Waals surface area (Å²) in [6, 6.07) is 20.0. The van der Waals surface area contributed by atoms with Gasteiger partial charge in [-0.3, -0.25) is 4.90 Å². The van der Waals surface area contributed by atoms with Crippen molar-refractivity contribution in [3.63, 3.8) is 0 Å². The highest BCUT2D eigenvalue weighted by Gasteiger charge is 2.19. The molecule has 1 saturated heterocycles. The number of benzene rings is 2. The van der Waals surface area contributed by atoms with E-state index in [1.165, 1.54) is 56.1 Å². The van der Waals surface area contributed by atoms with E-state index in [0.29, 0.717) is 0 Å². The van der Waals surface area contributed by atoms with E-state index in [-0.39, 0.29) is 12.4 Å². The first-order valence-electron chi connectivity index (χ1n) is 10.7. The second-order valence-electron chi connectivity index (χ2n) is 8.22. The first-order chi connectivity index (χ1) is 13.4. The minimum atomic E-state index is 0. The molecule has 0 atom stereocenters. The van der Waals surface area contributed by atoms with Crippen LogP contribution in [0.3, 0.4) is 0 Å². The summed E-state index contributed by atoms with van der Waals surface area (Å²) in [5.41, 5.74) is 4.18. The number of hydrogen-bond acceptors (Lipinski definition) is 1. The highest BCUT2D eigenvalue weighted by Crippen LogP contribution is 2.32. The van der Waals surface area contributed by atoms with Gasteiger partial charge >= 0.3 is 0 Å². The average molecular weight is 394 g/mol. The lowest BCUT2D eigenvalue weighted by atomic mass is 9.84. The van der Waals surface area contributed by atoms with E-state index in [4.69, 9.17) is 0 Å². The highest BCUT2D eigenvalue weighted by molar-refractivity contribution is 5.85. The lowest BCUT2D eigenvalue weighted by molar-refractivity contribution is 0.236. The van der Waals surface area contributed by atoms with Gasteiger partial charge in [-0.1, -0.05) is 73.6 Å². The maximum atomic E-state index is 3.40. The van der Waals surface area contributed by atoms with Crippen LogP contribution < -0.4 is 0 Å².